The van der Waals surface area contributed by atoms with Gasteiger partial charge in [0.15, 0.2) is 6.61 Å². The second-order valence-electron chi connectivity index (χ2n) is 6.19. The molecule has 26 heavy (non-hydrogen) atoms. The summed E-state index contributed by atoms with van der Waals surface area (Å²) in [6, 6.07) is 2.75. The Kier molecular flexibility index (Phi) is 6.76. The van der Waals surface area contributed by atoms with Crippen LogP contribution in [0.2, 0.25) is 0 Å². The molecule has 142 valence electrons. The maximum absolute atomic E-state index is 12.0. The number of carbonyl (C=O) groups is 4. The standard InChI is InChI=1S/C17H23N3O6/c1-3-11(2)18-17(24)19-14(21)10-26-16(23)12-7-15(22)20(8-12)9-13-5-4-6-25-13/h4-6,11-12H,3,7-10H2,1-2H3,(H2,18,19,21,24)/t11-,12-/m0/s1. The summed E-state index contributed by atoms with van der Waals surface area (Å²) in [5.41, 5.74) is 0. The number of furan rings is 1. The van der Waals surface area contributed by atoms with Crippen molar-refractivity contribution in [1.82, 2.24) is 15.5 Å². The zero-order chi connectivity index (χ0) is 19.1. The Morgan fingerprint density at radius 2 is 2.19 bits per heavy atom. The van der Waals surface area contributed by atoms with E-state index in [4.69, 9.17) is 9.15 Å². The second-order valence-corrected chi connectivity index (χ2v) is 6.19. The zero-order valence-electron chi connectivity index (χ0n) is 14.8. The van der Waals surface area contributed by atoms with Gasteiger partial charge in [-0.25, -0.2) is 4.79 Å². The monoisotopic (exact) mass is 365 g/mol. The Balaban J connectivity index is 1.73. The van der Waals surface area contributed by atoms with Gasteiger partial charge in [0.2, 0.25) is 5.91 Å². The first-order valence-electron chi connectivity index (χ1n) is 8.46. The fraction of sp³-hybridized carbons (Fsp3) is 0.529. The summed E-state index contributed by atoms with van der Waals surface area (Å²) >= 11 is 0. The molecule has 1 aliphatic heterocycles. The van der Waals surface area contributed by atoms with Gasteiger partial charge in [0.25, 0.3) is 5.91 Å². The number of carbonyl (C=O) groups excluding carboxylic acids is 4. The van der Waals surface area contributed by atoms with Crippen LogP contribution in [0.3, 0.4) is 0 Å². The number of urea groups is 1. The summed E-state index contributed by atoms with van der Waals surface area (Å²) in [5.74, 6) is -1.56. The average molecular weight is 365 g/mol. The SMILES string of the molecule is CC[C@H](C)NC(=O)NC(=O)COC(=O)[C@H]1CC(=O)N(Cc2ccco2)C1. The third kappa shape index (κ3) is 5.61. The van der Waals surface area contributed by atoms with Crippen molar-refractivity contribution in [1.29, 1.82) is 0 Å². The molecule has 4 amide bonds. The van der Waals surface area contributed by atoms with Crippen molar-refractivity contribution >= 4 is 23.8 Å². The lowest BCUT2D eigenvalue weighted by Crippen LogP contribution is -2.44. The Morgan fingerprint density at radius 3 is 2.85 bits per heavy atom. The van der Waals surface area contributed by atoms with Gasteiger partial charge in [0.1, 0.15) is 5.76 Å². The van der Waals surface area contributed by atoms with Crippen LogP contribution in [-0.2, 0) is 25.7 Å². The van der Waals surface area contributed by atoms with Gasteiger partial charge in [-0.2, -0.15) is 0 Å². The first-order chi connectivity index (χ1) is 12.4. The number of ether oxygens (including phenoxy) is 1. The molecule has 1 aliphatic rings. The average Bonchev–Trinajstić information content (AvgIpc) is 3.23. The Hall–Kier alpha value is -2.84. The van der Waals surface area contributed by atoms with Crippen molar-refractivity contribution in [3.63, 3.8) is 0 Å². The minimum absolute atomic E-state index is 0.0235. The van der Waals surface area contributed by atoms with Crippen molar-refractivity contribution in [3.05, 3.63) is 24.2 Å². The molecule has 0 aromatic carbocycles. The number of hydrogen-bond donors (Lipinski definition) is 2. The van der Waals surface area contributed by atoms with Crippen LogP contribution in [0, 0.1) is 5.92 Å². The van der Waals surface area contributed by atoms with Gasteiger partial charge in [-0.05, 0) is 25.5 Å². The van der Waals surface area contributed by atoms with Crippen LogP contribution in [0.25, 0.3) is 0 Å². The van der Waals surface area contributed by atoms with E-state index in [1.165, 1.54) is 11.2 Å². The van der Waals surface area contributed by atoms with Crippen molar-refractivity contribution in [2.45, 2.75) is 39.3 Å². The van der Waals surface area contributed by atoms with Crippen LogP contribution in [0.1, 0.15) is 32.4 Å². The maximum atomic E-state index is 12.0. The number of amides is 4. The topological polar surface area (TPSA) is 118 Å². The van der Waals surface area contributed by atoms with Crippen LogP contribution in [0.4, 0.5) is 4.79 Å². The molecule has 9 nitrogen and oxygen atoms in total. The highest BCUT2D eigenvalue weighted by atomic mass is 16.5. The van der Waals surface area contributed by atoms with E-state index in [0.29, 0.717) is 5.76 Å². The predicted molar refractivity (Wildman–Crippen MR) is 89.6 cm³/mol. The van der Waals surface area contributed by atoms with E-state index in [0.717, 1.165) is 6.42 Å². The first kappa shape index (κ1) is 19.5. The molecule has 0 spiro atoms. The third-order valence-electron chi connectivity index (χ3n) is 4.06. The highest BCUT2D eigenvalue weighted by Gasteiger charge is 2.35. The molecule has 0 unspecified atom stereocenters. The summed E-state index contributed by atoms with van der Waals surface area (Å²) in [6.45, 7) is 3.61. The first-order valence-corrected chi connectivity index (χ1v) is 8.46. The smallest absolute Gasteiger partial charge is 0.321 e. The lowest BCUT2D eigenvalue weighted by molar-refractivity contribution is -0.152. The molecule has 0 bridgehead atoms. The molecule has 0 saturated carbocycles. The van der Waals surface area contributed by atoms with Crippen molar-refractivity contribution < 1.29 is 28.3 Å². The lowest BCUT2D eigenvalue weighted by Gasteiger charge is -2.15. The van der Waals surface area contributed by atoms with Gasteiger partial charge in [-0.3, -0.25) is 19.7 Å². The third-order valence-corrected chi connectivity index (χ3v) is 4.06. The van der Waals surface area contributed by atoms with Crippen LogP contribution in [0.5, 0.6) is 0 Å². The summed E-state index contributed by atoms with van der Waals surface area (Å²) in [4.78, 5) is 48.7. The molecule has 0 radical (unpaired) electrons. The zero-order valence-corrected chi connectivity index (χ0v) is 14.8. The van der Waals surface area contributed by atoms with E-state index in [9.17, 15) is 19.2 Å². The largest absolute Gasteiger partial charge is 0.467 e. The molecule has 2 N–H and O–H groups in total. The van der Waals surface area contributed by atoms with Gasteiger partial charge < -0.3 is 19.4 Å². The number of hydrogen-bond acceptors (Lipinski definition) is 6. The van der Waals surface area contributed by atoms with E-state index < -0.39 is 30.4 Å². The number of likely N-dealkylation sites (tertiary alicyclic amines) is 1. The summed E-state index contributed by atoms with van der Waals surface area (Å²) < 4.78 is 10.1. The van der Waals surface area contributed by atoms with Crippen LogP contribution in [-0.4, -0.2) is 47.9 Å². The molecule has 1 saturated heterocycles. The van der Waals surface area contributed by atoms with Crippen LogP contribution >= 0.6 is 0 Å². The molecule has 9 heteroatoms. The summed E-state index contributed by atoms with van der Waals surface area (Å²) in [5, 5.41) is 4.65. The Morgan fingerprint density at radius 1 is 1.42 bits per heavy atom. The number of rotatable bonds is 7. The highest BCUT2D eigenvalue weighted by Crippen LogP contribution is 2.21. The molecule has 2 atom stereocenters. The second kappa shape index (κ2) is 9.02. The quantitative estimate of drug-likeness (QED) is 0.690. The van der Waals surface area contributed by atoms with Crippen molar-refractivity contribution in [2.24, 2.45) is 5.92 Å². The Labute approximate surface area is 151 Å². The van der Waals surface area contributed by atoms with Gasteiger partial charge in [0.05, 0.1) is 18.7 Å². The summed E-state index contributed by atoms with van der Waals surface area (Å²) in [6.07, 6.45) is 2.26. The minimum Gasteiger partial charge on any atom is -0.467 e. The van der Waals surface area contributed by atoms with E-state index in [2.05, 4.69) is 10.6 Å². The van der Waals surface area contributed by atoms with E-state index in [-0.39, 0.29) is 31.5 Å². The fourth-order valence-corrected chi connectivity index (χ4v) is 2.45. The number of imide groups is 1. The van der Waals surface area contributed by atoms with Crippen molar-refractivity contribution in [3.8, 4) is 0 Å². The molecule has 2 rings (SSSR count). The van der Waals surface area contributed by atoms with E-state index in [1.807, 2.05) is 6.92 Å². The van der Waals surface area contributed by atoms with Crippen molar-refractivity contribution in [2.75, 3.05) is 13.2 Å². The van der Waals surface area contributed by atoms with Crippen LogP contribution in [0.15, 0.2) is 22.8 Å². The molecular weight excluding hydrogens is 342 g/mol. The summed E-state index contributed by atoms with van der Waals surface area (Å²) in [7, 11) is 0. The van der Waals surface area contributed by atoms with Gasteiger partial charge in [-0.15, -0.1) is 0 Å². The number of nitrogens with zero attached hydrogens (tertiary/aromatic N) is 1. The van der Waals surface area contributed by atoms with E-state index >= 15 is 0 Å². The van der Waals surface area contributed by atoms with E-state index in [1.54, 1.807) is 19.1 Å². The normalized spacial score (nSPS) is 17.7. The molecule has 0 aliphatic carbocycles. The van der Waals surface area contributed by atoms with Gasteiger partial charge >= 0.3 is 12.0 Å². The van der Waals surface area contributed by atoms with Gasteiger partial charge in [-0.1, -0.05) is 6.92 Å². The fourth-order valence-electron chi connectivity index (χ4n) is 2.45. The molecule has 1 aromatic heterocycles. The Bertz CT molecular complexity index is 657. The molecule has 1 aromatic rings. The van der Waals surface area contributed by atoms with Gasteiger partial charge in [0, 0.05) is 19.0 Å². The lowest BCUT2D eigenvalue weighted by atomic mass is 10.1. The number of esters is 1. The molecular formula is C17H23N3O6. The molecule has 1 fully saturated rings. The van der Waals surface area contributed by atoms with Crippen LogP contribution < -0.4 is 10.6 Å². The highest BCUT2D eigenvalue weighted by molar-refractivity contribution is 5.96. The maximum Gasteiger partial charge on any atom is 0.321 e. The minimum atomic E-state index is -0.726. The number of nitrogens with one attached hydrogen (secondary N) is 2. The predicted octanol–water partition coefficient (Wildman–Crippen LogP) is 0.796. The molecule has 2 heterocycles.